The second-order valence-corrected chi connectivity index (χ2v) is 6.88. The maximum atomic E-state index is 13.1. The van der Waals surface area contributed by atoms with Crippen molar-refractivity contribution in [3.63, 3.8) is 0 Å². The summed E-state index contributed by atoms with van der Waals surface area (Å²) in [6.45, 7) is -3.03. The molecule has 0 aromatic heterocycles. The van der Waals surface area contributed by atoms with E-state index in [1.165, 1.54) is 24.1 Å². The molecule has 0 fully saturated rings. The highest BCUT2D eigenvalue weighted by atomic mass is 79.9. The fourth-order valence-corrected chi connectivity index (χ4v) is 3.47. The molecular formula is C18H17BrF2N4O2. The standard InChI is InChI=1S/C18H17BrF2N4O2/c1-25-15(26)18(24-17(25)23,11-3-2-4-13(19)8-11)12-5-6-14(27-16(20)21)10(7-12)9-22/h2-8,16H,9,22H2,1H3,(H2,23,24). The minimum absolute atomic E-state index is 0.0450. The van der Waals surface area contributed by atoms with Crippen molar-refractivity contribution in [1.29, 1.82) is 0 Å². The third-order valence-corrected chi connectivity index (χ3v) is 4.89. The number of guanidine groups is 1. The van der Waals surface area contributed by atoms with Crippen LogP contribution in [0.3, 0.4) is 0 Å². The number of hydrogen-bond acceptors (Lipinski definition) is 5. The molecule has 9 heteroatoms. The molecule has 3 rings (SSSR count). The molecule has 0 aliphatic carbocycles. The second kappa shape index (κ2) is 7.24. The predicted octanol–water partition coefficient (Wildman–Crippen LogP) is 2.54. The van der Waals surface area contributed by atoms with Crippen molar-refractivity contribution in [2.75, 3.05) is 7.05 Å². The number of alkyl halides is 2. The zero-order valence-corrected chi connectivity index (χ0v) is 15.9. The molecular weight excluding hydrogens is 422 g/mol. The number of aliphatic imine (C=N–C) groups is 1. The second-order valence-electron chi connectivity index (χ2n) is 5.96. The van der Waals surface area contributed by atoms with Crippen molar-refractivity contribution in [2.24, 2.45) is 16.5 Å². The van der Waals surface area contributed by atoms with Crippen molar-refractivity contribution < 1.29 is 18.3 Å². The molecule has 0 spiro atoms. The van der Waals surface area contributed by atoms with Crippen LogP contribution in [0.25, 0.3) is 0 Å². The Hall–Kier alpha value is -2.52. The van der Waals surface area contributed by atoms with Crippen LogP contribution >= 0.6 is 15.9 Å². The number of likely N-dealkylation sites (N-methyl/N-ethyl adjacent to an activating group) is 1. The molecule has 4 N–H and O–H groups in total. The lowest BCUT2D eigenvalue weighted by molar-refractivity contribution is -0.129. The summed E-state index contributed by atoms with van der Waals surface area (Å²) in [6, 6.07) is 11.5. The van der Waals surface area contributed by atoms with Crippen LogP contribution in [0.15, 0.2) is 51.9 Å². The molecule has 1 amide bonds. The number of nitrogens with two attached hydrogens (primary N) is 2. The summed E-state index contributed by atoms with van der Waals surface area (Å²) in [6.07, 6.45) is 0. The Morgan fingerprint density at radius 3 is 2.52 bits per heavy atom. The first-order valence-corrected chi connectivity index (χ1v) is 8.76. The molecule has 2 aromatic rings. The fraction of sp³-hybridized carbons (Fsp3) is 0.222. The van der Waals surface area contributed by atoms with Gasteiger partial charge in [0.15, 0.2) is 11.5 Å². The Morgan fingerprint density at radius 1 is 1.26 bits per heavy atom. The number of rotatable bonds is 5. The van der Waals surface area contributed by atoms with Crippen molar-refractivity contribution in [2.45, 2.75) is 18.7 Å². The predicted molar refractivity (Wildman–Crippen MR) is 100 cm³/mol. The molecule has 1 aliphatic rings. The molecule has 2 aromatic carbocycles. The highest BCUT2D eigenvalue weighted by Gasteiger charge is 2.49. The van der Waals surface area contributed by atoms with Crippen molar-refractivity contribution >= 4 is 27.8 Å². The Balaban J connectivity index is 2.23. The quantitative estimate of drug-likeness (QED) is 0.749. The Kier molecular flexibility index (Phi) is 5.16. The maximum absolute atomic E-state index is 13.1. The van der Waals surface area contributed by atoms with E-state index >= 15 is 0 Å². The topological polar surface area (TPSA) is 93.9 Å². The summed E-state index contributed by atoms with van der Waals surface area (Å²) in [5.41, 5.74) is 11.6. The first kappa shape index (κ1) is 19.2. The highest BCUT2D eigenvalue weighted by Crippen LogP contribution is 2.41. The molecule has 1 atom stereocenters. The van der Waals surface area contributed by atoms with Crippen molar-refractivity contribution in [3.8, 4) is 5.75 Å². The minimum Gasteiger partial charge on any atom is -0.434 e. The molecule has 0 bridgehead atoms. The summed E-state index contributed by atoms with van der Waals surface area (Å²) < 4.78 is 30.5. The van der Waals surface area contributed by atoms with Crippen LogP contribution in [0, 0.1) is 0 Å². The summed E-state index contributed by atoms with van der Waals surface area (Å²) >= 11 is 3.40. The van der Waals surface area contributed by atoms with Gasteiger partial charge < -0.3 is 16.2 Å². The summed E-state index contributed by atoms with van der Waals surface area (Å²) in [4.78, 5) is 18.9. The molecule has 1 heterocycles. The first-order chi connectivity index (χ1) is 12.8. The lowest BCUT2D eigenvalue weighted by Gasteiger charge is -2.27. The molecule has 0 saturated heterocycles. The van der Waals surface area contributed by atoms with Crippen LogP contribution in [-0.2, 0) is 16.9 Å². The van der Waals surface area contributed by atoms with E-state index in [1.54, 1.807) is 24.3 Å². The molecule has 0 radical (unpaired) electrons. The Morgan fingerprint density at radius 2 is 1.96 bits per heavy atom. The van der Waals surface area contributed by atoms with Gasteiger partial charge >= 0.3 is 6.61 Å². The third-order valence-electron chi connectivity index (χ3n) is 4.40. The Labute approximate surface area is 162 Å². The number of benzene rings is 2. The average molecular weight is 439 g/mol. The van der Waals surface area contributed by atoms with Gasteiger partial charge in [0, 0.05) is 23.6 Å². The molecule has 142 valence electrons. The lowest BCUT2D eigenvalue weighted by Crippen LogP contribution is -2.41. The van der Waals surface area contributed by atoms with Crippen LogP contribution in [0.1, 0.15) is 16.7 Å². The zero-order chi connectivity index (χ0) is 19.8. The van der Waals surface area contributed by atoms with Crippen LogP contribution < -0.4 is 16.2 Å². The van der Waals surface area contributed by atoms with E-state index in [1.807, 2.05) is 6.07 Å². The number of ether oxygens (including phenoxy) is 1. The monoisotopic (exact) mass is 438 g/mol. The molecule has 27 heavy (non-hydrogen) atoms. The molecule has 0 saturated carbocycles. The third kappa shape index (κ3) is 3.28. The highest BCUT2D eigenvalue weighted by molar-refractivity contribution is 9.10. The van der Waals surface area contributed by atoms with E-state index in [0.717, 1.165) is 4.47 Å². The maximum Gasteiger partial charge on any atom is 0.387 e. The van der Waals surface area contributed by atoms with Gasteiger partial charge in [-0.25, -0.2) is 4.99 Å². The molecule has 1 aliphatic heterocycles. The summed E-state index contributed by atoms with van der Waals surface area (Å²) in [5, 5.41) is 0. The summed E-state index contributed by atoms with van der Waals surface area (Å²) in [5.74, 6) is -0.345. The van der Waals surface area contributed by atoms with E-state index in [2.05, 4.69) is 25.7 Å². The number of hydrogen-bond donors (Lipinski definition) is 2. The van der Waals surface area contributed by atoms with E-state index < -0.39 is 12.2 Å². The van der Waals surface area contributed by atoms with Gasteiger partial charge in [0.25, 0.3) is 5.91 Å². The Bertz CT molecular complexity index is 922. The number of nitrogens with zero attached hydrogens (tertiary/aromatic N) is 2. The van der Waals surface area contributed by atoms with Gasteiger partial charge in [0.2, 0.25) is 0 Å². The SMILES string of the molecule is CN1C(=O)C(c2cccc(Br)c2)(c2ccc(OC(F)F)c(CN)c2)N=C1N. The smallest absolute Gasteiger partial charge is 0.387 e. The first-order valence-electron chi connectivity index (χ1n) is 7.97. The van der Waals surface area contributed by atoms with E-state index in [4.69, 9.17) is 11.5 Å². The van der Waals surface area contributed by atoms with Gasteiger partial charge in [-0.1, -0.05) is 34.1 Å². The van der Waals surface area contributed by atoms with Gasteiger partial charge in [-0.05, 0) is 35.4 Å². The minimum atomic E-state index is -2.98. The van der Waals surface area contributed by atoms with E-state index in [9.17, 15) is 13.6 Å². The van der Waals surface area contributed by atoms with Gasteiger partial charge in [0.05, 0.1) is 0 Å². The normalized spacial score (nSPS) is 19.6. The largest absolute Gasteiger partial charge is 0.434 e. The van der Waals surface area contributed by atoms with Gasteiger partial charge in [-0.3, -0.25) is 9.69 Å². The summed E-state index contributed by atoms with van der Waals surface area (Å²) in [7, 11) is 1.53. The lowest BCUT2D eigenvalue weighted by atomic mass is 9.82. The van der Waals surface area contributed by atoms with Gasteiger partial charge in [0.1, 0.15) is 5.75 Å². The number of carbonyl (C=O) groups excluding carboxylic acids is 1. The number of amides is 1. The van der Waals surface area contributed by atoms with Crippen LogP contribution in [0.4, 0.5) is 8.78 Å². The van der Waals surface area contributed by atoms with Crippen LogP contribution in [-0.4, -0.2) is 30.4 Å². The zero-order valence-electron chi connectivity index (χ0n) is 14.3. The number of carbonyl (C=O) groups is 1. The van der Waals surface area contributed by atoms with Gasteiger partial charge in [-0.2, -0.15) is 8.78 Å². The van der Waals surface area contributed by atoms with Crippen molar-refractivity contribution in [1.82, 2.24) is 4.90 Å². The number of halogens is 3. The van der Waals surface area contributed by atoms with Crippen molar-refractivity contribution in [3.05, 3.63) is 63.6 Å². The van der Waals surface area contributed by atoms with E-state index in [-0.39, 0.29) is 24.2 Å². The van der Waals surface area contributed by atoms with Gasteiger partial charge in [-0.15, -0.1) is 0 Å². The van der Waals surface area contributed by atoms with Crippen LogP contribution in [0.2, 0.25) is 0 Å². The molecule has 6 nitrogen and oxygen atoms in total. The molecule has 1 unspecified atom stereocenters. The van der Waals surface area contributed by atoms with Crippen LogP contribution in [0.5, 0.6) is 5.75 Å². The fourth-order valence-electron chi connectivity index (χ4n) is 3.07. The van der Waals surface area contributed by atoms with E-state index in [0.29, 0.717) is 16.7 Å². The average Bonchev–Trinajstić information content (AvgIpc) is 2.86.